The molecule has 1 heterocycles. The summed E-state index contributed by atoms with van der Waals surface area (Å²) in [6.07, 6.45) is 2.88. The van der Waals surface area contributed by atoms with Gasteiger partial charge in [-0.2, -0.15) is 0 Å². The SMILES string of the molecule is Cc1cc(OCCCO)cc(C)c1-c1cccc(COc2ccc(C=O)cn2)c1C. The summed E-state index contributed by atoms with van der Waals surface area (Å²) >= 11 is 0. The third kappa shape index (κ3) is 5.05. The summed E-state index contributed by atoms with van der Waals surface area (Å²) in [6.45, 7) is 7.29. The van der Waals surface area contributed by atoms with Crippen LogP contribution >= 0.6 is 0 Å². The van der Waals surface area contributed by atoms with E-state index in [-0.39, 0.29) is 6.61 Å². The quantitative estimate of drug-likeness (QED) is 0.408. The smallest absolute Gasteiger partial charge is 0.213 e. The van der Waals surface area contributed by atoms with Crippen LogP contribution in [-0.4, -0.2) is 29.6 Å². The number of carbonyl (C=O) groups excluding carboxylic acids is 1. The predicted octanol–water partition coefficient (Wildman–Crippen LogP) is 4.83. The summed E-state index contributed by atoms with van der Waals surface area (Å²) < 4.78 is 11.6. The molecule has 2 aromatic carbocycles. The van der Waals surface area contributed by atoms with Crippen LogP contribution in [0.15, 0.2) is 48.7 Å². The number of aliphatic hydroxyl groups excluding tert-OH is 1. The maximum absolute atomic E-state index is 10.8. The number of hydrogen-bond donors (Lipinski definition) is 1. The Balaban J connectivity index is 1.82. The van der Waals surface area contributed by atoms with Gasteiger partial charge in [0.05, 0.1) is 6.61 Å². The number of pyridine rings is 1. The van der Waals surface area contributed by atoms with Crippen LogP contribution in [0, 0.1) is 20.8 Å². The normalized spacial score (nSPS) is 10.7. The van der Waals surface area contributed by atoms with E-state index in [4.69, 9.17) is 14.6 Å². The minimum absolute atomic E-state index is 0.126. The first-order valence-corrected chi connectivity index (χ1v) is 10.0. The molecule has 0 spiro atoms. The summed E-state index contributed by atoms with van der Waals surface area (Å²) in [5, 5.41) is 8.93. The second-order valence-corrected chi connectivity index (χ2v) is 7.28. The number of aryl methyl sites for hydroxylation is 2. The molecule has 0 fully saturated rings. The number of aliphatic hydroxyl groups is 1. The summed E-state index contributed by atoms with van der Waals surface area (Å²) in [6, 6.07) is 13.7. The summed E-state index contributed by atoms with van der Waals surface area (Å²) in [7, 11) is 0. The molecule has 30 heavy (non-hydrogen) atoms. The molecule has 156 valence electrons. The van der Waals surface area contributed by atoms with E-state index in [1.54, 1.807) is 12.1 Å². The highest BCUT2D eigenvalue weighted by Crippen LogP contribution is 2.34. The fourth-order valence-corrected chi connectivity index (χ4v) is 3.50. The number of rotatable bonds is 9. The lowest BCUT2D eigenvalue weighted by Crippen LogP contribution is -2.03. The molecule has 0 saturated carbocycles. The molecular formula is C25H27NO4. The van der Waals surface area contributed by atoms with Gasteiger partial charge in [0.25, 0.3) is 0 Å². The number of carbonyl (C=O) groups is 1. The summed E-state index contributed by atoms with van der Waals surface area (Å²) in [5.41, 5.74) is 7.39. The van der Waals surface area contributed by atoms with Gasteiger partial charge in [0.2, 0.25) is 5.88 Å². The number of ether oxygens (including phenoxy) is 2. The van der Waals surface area contributed by atoms with Crippen LogP contribution in [-0.2, 0) is 6.61 Å². The number of nitrogens with zero attached hydrogens (tertiary/aromatic N) is 1. The molecular weight excluding hydrogens is 378 g/mol. The first-order chi connectivity index (χ1) is 14.5. The molecule has 0 aliphatic rings. The van der Waals surface area contributed by atoms with Crippen molar-refractivity contribution in [3.63, 3.8) is 0 Å². The lowest BCUT2D eigenvalue weighted by Gasteiger charge is -2.17. The molecule has 0 bridgehead atoms. The van der Waals surface area contributed by atoms with Gasteiger partial charge in [-0.3, -0.25) is 4.79 Å². The fourth-order valence-electron chi connectivity index (χ4n) is 3.50. The Morgan fingerprint density at radius 3 is 2.43 bits per heavy atom. The standard InChI is InChI=1S/C25H27NO4/c1-17-12-22(29-11-5-10-27)13-18(2)25(17)23-7-4-6-21(19(23)3)16-30-24-9-8-20(15-28)14-26-24/h4,6-9,12-15,27H,5,10-11,16H2,1-3H3. The van der Waals surface area contributed by atoms with E-state index >= 15 is 0 Å². The van der Waals surface area contributed by atoms with Crippen molar-refractivity contribution >= 4 is 6.29 Å². The number of aromatic nitrogens is 1. The molecule has 0 aliphatic carbocycles. The molecule has 3 rings (SSSR count). The average Bonchev–Trinajstić information content (AvgIpc) is 2.74. The van der Waals surface area contributed by atoms with Crippen LogP contribution in [0.5, 0.6) is 11.6 Å². The predicted molar refractivity (Wildman–Crippen MR) is 117 cm³/mol. The Labute approximate surface area is 177 Å². The molecule has 5 nitrogen and oxygen atoms in total. The topological polar surface area (TPSA) is 68.7 Å². The number of hydrogen-bond acceptors (Lipinski definition) is 5. The van der Waals surface area contributed by atoms with Gasteiger partial charge < -0.3 is 14.6 Å². The van der Waals surface area contributed by atoms with Crippen molar-refractivity contribution in [2.45, 2.75) is 33.8 Å². The minimum Gasteiger partial charge on any atom is -0.493 e. The van der Waals surface area contributed by atoms with Gasteiger partial charge in [-0.25, -0.2) is 4.98 Å². The Morgan fingerprint density at radius 1 is 1.03 bits per heavy atom. The molecule has 1 aromatic heterocycles. The van der Waals surface area contributed by atoms with E-state index < -0.39 is 0 Å². The zero-order chi connectivity index (χ0) is 21.5. The molecule has 0 saturated heterocycles. The van der Waals surface area contributed by atoms with Crippen molar-refractivity contribution in [2.75, 3.05) is 13.2 Å². The second-order valence-electron chi connectivity index (χ2n) is 7.28. The zero-order valence-electron chi connectivity index (χ0n) is 17.6. The van der Waals surface area contributed by atoms with Crippen molar-refractivity contribution in [1.29, 1.82) is 0 Å². The number of aldehydes is 1. The Morgan fingerprint density at radius 2 is 1.80 bits per heavy atom. The average molecular weight is 405 g/mol. The second kappa shape index (κ2) is 10.0. The third-order valence-corrected chi connectivity index (χ3v) is 5.06. The van der Waals surface area contributed by atoms with Crippen molar-refractivity contribution in [2.24, 2.45) is 0 Å². The van der Waals surface area contributed by atoms with Crippen molar-refractivity contribution in [1.82, 2.24) is 4.98 Å². The zero-order valence-corrected chi connectivity index (χ0v) is 17.6. The van der Waals surface area contributed by atoms with Crippen LogP contribution in [0.2, 0.25) is 0 Å². The van der Waals surface area contributed by atoms with Crippen LogP contribution in [0.1, 0.15) is 39.0 Å². The lowest BCUT2D eigenvalue weighted by atomic mass is 9.90. The molecule has 5 heteroatoms. The van der Waals surface area contributed by atoms with Gasteiger partial charge in [0.15, 0.2) is 6.29 Å². The first kappa shape index (κ1) is 21.5. The Kier molecular flexibility index (Phi) is 7.20. The highest BCUT2D eigenvalue weighted by molar-refractivity contribution is 5.75. The molecule has 3 aromatic rings. The van der Waals surface area contributed by atoms with Gasteiger partial charge in [-0.05, 0) is 72.4 Å². The van der Waals surface area contributed by atoms with Gasteiger partial charge in [0, 0.05) is 30.9 Å². The van der Waals surface area contributed by atoms with E-state index in [0.29, 0.717) is 31.1 Å². The molecule has 0 radical (unpaired) electrons. The first-order valence-electron chi connectivity index (χ1n) is 10.0. The van der Waals surface area contributed by atoms with Crippen LogP contribution in [0.4, 0.5) is 0 Å². The largest absolute Gasteiger partial charge is 0.493 e. The summed E-state index contributed by atoms with van der Waals surface area (Å²) in [5.74, 6) is 1.31. The fraction of sp³-hybridized carbons (Fsp3) is 0.280. The van der Waals surface area contributed by atoms with E-state index in [9.17, 15) is 4.79 Å². The van der Waals surface area contributed by atoms with Gasteiger partial charge in [0.1, 0.15) is 12.4 Å². The molecule has 1 N–H and O–H groups in total. The maximum Gasteiger partial charge on any atom is 0.213 e. The van der Waals surface area contributed by atoms with Crippen molar-refractivity contribution < 1.29 is 19.4 Å². The van der Waals surface area contributed by atoms with Crippen LogP contribution in [0.3, 0.4) is 0 Å². The lowest BCUT2D eigenvalue weighted by molar-refractivity contribution is 0.112. The van der Waals surface area contributed by atoms with Gasteiger partial charge >= 0.3 is 0 Å². The Bertz CT molecular complexity index is 989. The highest BCUT2D eigenvalue weighted by atomic mass is 16.5. The highest BCUT2D eigenvalue weighted by Gasteiger charge is 2.13. The van der Waals surface area contributed by atoms with Gasteiger partial charge in [-0.15, -0.1) is 0 Å². The number of benzene rings is 2. The van der Waals surface area contributed by atoms with Crippen LogP contribution < -0.4 is 9.47 Å². The molecule has 0 atom stereocenters. The maximum atomic E-state index is 10.8. The summed E-state index contributed by atoms with van der Waals surface area (Å²) in [4.78, 5) is 14.9. The molecule has 0 unspecified atom stereocenters. The van der Waals surface area contributed by atoms with E-state index in [0.717, 1.165) is 39.9 Å². The van der Waals surface area contributed by atoms with Crippen molar-refractivity contribution in [3.05, 3.63) is 76.5 Å². The van der Waals surface area contributed by atoms with Crippen LogP contribution in [0.25, 0.3) is 11.1 Å². The molecule has 0 amide bonds. The minimum atomic E-state index is 0.126. The third-order valence-electron chi connectivity index (χ3n) is 5.06. The Hall–Kier alpha value is -3.18. The molecule has 0 aliphatic heterocycles. The van der Waals surface area contributed by atoms with E-state index in [2.05, 4.69) is 37.9 Å². The monoisotopic (exact) mass is 405 g/mol. The van der Waals surface area contributed by atoms with E-state index in [1.807, 2.05) is 18.2 Å². The van der Waals surface area contributed by atoms with E-state index in [1.165, 1.54) is 11.8 Å². The van der Waals surface area contributed by atoms with Gasteiger partial charge in [-0.1, -0.05) is 18.2 Å². The van der Waals surface area contributed by atoms with Crippen molar-refractivity contribution in [3.8, 4) is 22.8 Å².